The fourth-order valence-corrected chi connectivity index (χ4v) is 3.41. The zero-order valence-electron chi connectivity index (χ0n) is 15.1. The third-order valence-corrected chi connectivity index (χ3v) is 4.85. The Morgan fingerprint density at radius 1 is 1.33 bits per heavy atom. The third kappa shape index (κ3) is 7.65. The summed E-state index contributed by atoms with van der Waals surface area (Å²) in [4.78, 5) is 4.32. The number of guanidine groups is 1. The van der Waals surface area contributed by atoms with Crippen molar-refractivity contribution in [1.29, 1.82) is 0 Å². The molecule has 0 heterocycles. The first-order valence-electron chi connectivity index (χ1n) is 8.85. The lowest BCUT2D eigenvalue weighted by molar-refractivity contribution is -0.183. The van der Waals surface area contributed by atoms with Crippen molar-refractivity contribution >= 4 is 41.5 Å². The minimum Gasteiger partial charge on any atom is -0.386 e. The topological polar surface area (TPSA) is 56.7 Å². The summed E-state index contributed by atoms with van der Waals surface area (Å²) in [5.41, 5.74) is 0.573. The van der Waals surface area contributed by atoms with E-state index in [9.17, 15) is 18.3 Å². The lowest BCUT2D eigenvalue weighted by Crippen LogP contribution is -2.47. The van der Waals surface area contributed by atoms with Gasteiger partial charge in [0.05, 0.1) is 12.5 Å². The molecular formula is C18H26ClF3IN3O. The van der Waals surface area contributed by atoms with Crippen molar-refractivity contribution in [2.45, 2.75) is 50.9 Å². The number of rotatable bonds is 5. The van der Waals surface area contributed by atoms with Gasteiger partial charge in [-0.1, -0.05) is 36.2 Å². The number of hydrogen-bond acceptors (Lipinski definition) is 2. The highest BCUT2D eigenvalue weighted by atomic mass is 127. The van der Waals surface area contributed by atoms with Gasteiger partial charge in [-0.05, 0) is 32.3 Å². The molecular weight excluding hydrogens is 494 g/mol. The van der Waals surface area contributed by atoms with E-state index in [0.29, 0.717) is 35.9 Å². The SMILES string of the molecule is CCNC(=NCC(O)c1ccccc1Cl)NC1CCCC(C(F)(F)F)C1.I. The van der Waals surface area contributed by atoms with E-state index < -0.39 is 18.2 Å². The highest BCUT2D eigenvalue weighted by Gasteiger charge is 2.42. The number of aliphatic hydroxyl groups excluding tert-OH is 1. The Hall–Kier alpha value is -0.740. The molecule has 2 rings (SSSR count). The Morgan fingerprint density at radius 2 is 2.04 bits per heavy atom. The zero-order chi connectivity index (χ0) is 19.2. The molecule has 154 valence electrons. The number of alkyl halides is 3. The summed E-state index contributed by atoms with van der Waals surface area (Å²) in [6, 6.07) is 6.67. The quantitative estimate of drug-likeness (QED) is 0.301. The number of aliphatic hydroxyl groups is 1. The van der Waals surface area contributed by atoms with E-state index in [1.54, 1.807) is 24.3 Å². The molecule has 0 saturated heterocycles. The van der Waals surface area contributed by atoms with E-state index in [0.717, 1.165) is 0 Å². The van der Waals surface area contributed by atoms with E-state index in [2.05, 4.69) is 15.6 Å². The molecule has 1 aromatic rings. The number of halogens is 5. The van der Waals surface area contributed by atoms with Gasteiger partial charge in [0.1, 0.15) is 6.10 Å². The molecule has 4 nitrogen and oxygen atoms in total. The summed E-state index contributed by atoms with van der Waals surface area (Å²) in [7, 11) is 0. The molecule has 27 heavy (non-hydrogen) atoms. The van der Waals surface area contributed by atoms with E-state index in [1.165, 1.54) is 0 Å². The van der Waals surface area contributed by atoms with Crippen LogP contribution in [0.15, 0.2) is 29.3 Å². The Morgan fingerprint density at radius 3 is 2.67 bits per heavy atom. The molecule has 1 aliphatic carbocycles. The summed E-state index contributed by atoms with van der Waals surface area (Å²) >= 11 is 6.06. The van der Waals surface area contributed by atoms with Crippen LogP contribution in [0.3, 0.4) is 0 Å². The molecule has 1 aliphatic rings. The third-order valence-electron chi connectivity index (χ3n) is 4.51. The van der Waals surface area contributed by atoms with Crippen molar-refractivity contribution in [1.82, 2.24) is 10.6 Å². The van der Waals surface area contributed by atoms with Gasteiger partial charge in [0.15, 0.2) is 5.96 Å². The summed E-state index contributed by atoms with van der Waals surface area (Å²) in [6.45, 7) is 2.51. The molecule has 0 aliphatic heterocycles. The highest BCUT2D eigenvalue weighted by Crippen LogP contribution is 2.37. The lowest BCUT2D eigenvalue weighted by atomic mass is 9.85. The first-order chi connectivity index (χ1) is 12.3. The van der Waals surface area contributed by atoms with Crippen LogP contribution in [0.25, 0.3) is 0 Å². The van der Waals surface area contributed by atoms with Crippen molar-refractivity contribution in [2.75, 3.05) is 13.1 Å². The highest BCUT2D eigenvalue weighted by molar-refractivity contribution is 14.0. The lowest BCUT2D eigenvalue weighted by Gasteiger charge is -2.32. The molecule has 1 fully saturated rings. The molecule has 1 aromatic carbocycles. The van der Waals surface area contributed by atoms with Gasteiger partial charge in [-0.3, -0.25) is 4.99 Å². The van der Waals surface area contributed by atoms with Crippen LogP contribution in [-0.2, 0) is 0 Å². The molecule has 0 bridgehead atoms. The van der Waals surface area contributed by atoms with Gasteiger partial charge >= 0.3 is 6.18 Å². The Labute approximate surface area is 180 Å². The Kier molecular flexibility index (Phi) is 10.2. The van der Waals surface area contributed by atoms with Crippen LogP contribution < -0.4 is 10.6 Å². The van der Waals surface area contributed by atoms with Crippen LogP contribution in [0, 0.1) is 5.92 Å². The fourth-order valence-electron chi connectivity index (χ4n) is 3.15. The number of aliphatic imine (C=N–C) groups is 1. The molecule has 3 unspecified atom stereocenters. The fraction of sp³-hybridized carbons (Fsp3) is 0.611. The van der Waals surface area contributed by atoms with Crippen molar-refractivity contribution in [2.24, 2.45) is 10.9 Å². The molecule has 3 N–H and O–H groups in total. The van der Waals surface area contributed by atoms with Crippen molar-refractivity contribution < 1.29 is 18.3 Å². The Balaban J connectivity index is 0.00000364. The van der Waals surface area contributed by atoms with Gasteiger partial charge in [0.2, 0.25) is 0 Å². The number of nitrogens with zero attached hydrogens (tertiary/aromatic N) is 1. The maximum Gasteiger partial charge on any atom is 0.391 e. The minimum atomic E-state index is -4.16. The predicted molar refractivity (Wildman–Crippen MR) is 113 cm³/mol. The van der Waals surface area contributed by atoms with Gasteiger partial charge in [-0.25, -0.2) is 0 Å². The average molecular weight is 520 g/mol. The van der Waals surface area contributed by atoms with Crippen molar-refractivity contribution in [3.8, 4) is 0 Å². The zero-order valence-corrected chi connectivity index (χ0v) is 18.2. The minimum absolute atomic E-state index is 0. The van der Waals surface area contributed by atoms with Crippen molar-refractivity contribution in [3.63, 3.8) is 0 Å². The first kappa shape index (κ1) is 24.3. The van der Waals surface area contributed by atoms with Gasteiger partial charge in [0, 0.05) is 23.2 Å². The van der Waals surface area contributed by atoms with Gasteiger partial charge in [0.25, 0.3) is 0 Å². The molecule has 1 saturated carbocycles. The second-order valence-electron chi connectivity index (χ2n) is 6.50. The van der Waals surface area contributed by atoms with Crippen LogP contribution in [0.2, 0.25) is 5.02 Å². The van der Waals surface area contributed by atoms with E-state index in [1.807, 2.05) is 6.92 Å². The predicted octanol–water partition coefficient (Wildman–Crippen LogP) is 4.67. The second kappa shape index (κ2) is 11.3. The maximum absolute atomic E-state index is 13.0. The average Bonchev–Trinajstić information content (AvgIpc) is 2.59. The van der Waals surface area contributed by atoms with E-state index >= 15 is 0 Å². The summed E-state index contributed by atoms with van der Waals surface area (Å²) in [6.07, 6.45) is -3.61. The number of benzene rings is 1. The van der Waals surface area contributed by atoms with Crippen LogP contribution >= 0.6 is 35.6 Å². The second-order valence-corrected chi connectivity index (χ2v) is 6.91. The number of nitrogens with one attached hydrogen (secondary N) is 2. The van der Waals surface area contributed by atoms with Crippen LogP contribution in [0.5, 0.6) is 0 Å². The molecule has 3 atom stereocenters. The summed E-state index contributed by atoms with van der Waals surface area (Å²) in [5, 5.41) is 16.8. The van der Waals surface area contributed by atoms with Gasteiger partial charge in [-0.2, -0.15) is 13.2 Å². The smallest absolute Gasteiger partial charge is 0.386 e. The standard InChI is InChI=1S/C18H25ClF3N3O.HI/c1-2-23-17(24-11-16(26)14-8-3-4-9-15(14)19)25-13-7-5-6-12(10-13)18(20,21)22;/h3-4,8-9,12-13,16,26H,2,5-7,10-11H2,1H3,(H2,23,24,25);1H. The molecule has 9 heteroatoms. The van der Waals surface area contributed by atoms with Crippen LogP contribution in [0.1, 0.15) is 44.3 Å². The summed E-state index contributed by atoms with van der Waals surface area (Å²) in [5.74, 6) is -0.864. The van der Waals surface area contributed by atoms with Gasteiger partial charge < -0.3 is 15.7 Å². The molecule has 0 aromatic heterocycles. The molecule has 0 amide bonds. The van der Waals surface area contributed by atoms with Gasteiger partial charge in [-0.15, -0.1) is 24.0 Å². The summed E-state index contributed by atoms with van der Waals surface area (Å²) < 4.78 is 38.9. The molecule has 0 radical (unpaired) electrons. The largest absolute Gasteiger partial charge is 0.391 e. The van der Waals surface area contributed by atoms with E-state index in [-0.39, 0.29) is 49.4 Å². The monoisotopic (exact) mass is 519 g/mol. The normalized spacial score (nSPS) is 21.9. The number of hydrogen-bond donors (Lipinski definition) is 3. The van der Waals surface area contributed by atoms with Crippen LogP contribution in [-0.4, -0.2) is 36.4 Å². The van der Waals surface area contributed by atoms with Crippen molar-refractivity contribution in [3.05, 3.63) is 34.9 Å². The van der Waals surface area contributed by atoms with Crippen LogP contribution in [0.4, 0.5) is 13.2 Å². The maximum atomic E-state index is 13.0. The first-order valence-corrected chi connectivity index (χ1v) is 9.23. The molecule has 0 spiro atoms. The van der Waals surface area contributed by atoms with E-state index in [4.69, 9.17) is 11.6 Å². The Bertz CT molecular complexity index is 616.